The molecule has 1 aromatic carbocycles. The van der Waals surface area contributed by atoms with Gasteiger partial charge in [-0.15, -0.1) is 0 Å². The maximum atomic E-state index is 6.29. The Bertz CT molecular complexity index is 466. The normalized spacial score (nSPS) is 13.6. The van der Waals surface area contributed by atoms with Gasteiger partial charge in [0.05, 0.1) is 0 Å². The van der Waals surface area contributed by atoms with Crippen molar-refractivity contribution in [2.75, 3.05) is 7.05 Å². The molecule has 106 valence electrons. The highest BCUT2D eigenvalue weighted by atomic mass is 35.5. The summed E-state index contributed by atoms with van der Waals surface area (Å²) in [5.74, 6) is 0. The summed E-state index contributed by atoms with van der Waals surface area (Å²) in [4.78, 5) is 2.69. The van der Waals surface area contributed by atoms with Crippen LogP contribution in [0.25, 0.3) is 0 Å². The summed E-state index contributed by atoms with van der Waals surface area (Å²) in [6, 6.07) is 6.23. The van der Waals surface area contributed by atoms with Gasteiger partial charge in [-0.1, -0.05) is 56.7 Å². The number of rotatable bonds is 4. The summed E-state index contributed by atoms with van der Waals surface area (Å²) in [5.41, 5.74) is 7.75. The van der Waals surface area contributed by atoms with Crippen molar-refractivity contribution in [3.05, 3.63) is 34.3 Å². The predicted octanol–water partition coefficient (Wildman–Crippen LogP) is 3.84. The highest BCUT2D eigenvalue weighted by Crippen LogP contribution is 2.26. The first-order valence-electron chi connectivity index (χ1n) is 6.41. The van der Waals surface area contributed by atoms with Crippen molar-refractivity contribution < 1.29 is 0 Å². The third-order valence-corrected chi connectivity index (χ3v) is 4.26. The third kappa shape index (κ3) is 4.44. The Hall–Kier alpha value is -0.640. The number of hydrogen-bond donors (Lipinski definition) is 1. The second-order valence-electron chi connectivity index (χ2n) is 6.13. The van der Waals surface area contributed by atoms with E-state index in [1.165, 1.54) is 0 Å². The van der Waals surface area contributed by atoms with Gasteiger partial charge in [0, 0.05) is 23.2 Å². The summed E-state index contributed by atoms with van der Waals surface area (Å²) >= 11 is 11.2. The smallest absolute Gasteiger partial charge is 0.104 e. The summed E-state index contributed by atoms with van der Waals surface area (Å²) in [6.07, 6.45) is 0. The molecule has 4 heteroatoms. The maximum Gasteiger partial charge on any atom is 0.104 e. The van der Waals surface area contributed by atoms with E-state index in [1.54, 1.807) is 0 Å². The van der Waals surface area contributed by atoms with E-state index < -0.39 is 0 Å². The number of nitrogens with zero attached hydrogens (tertiary/aromatic N) is 1. The van der Waals surface area contributed by atoms with Crippen molar-refractivity contribution in [3.63, 3.8) is 0 Å². The highest BCUT2D eigenvalue weighted by molar-refractivity contribution is 7.80. The van der Waals surface area contributed by atoms with Gasteiger partial charge in [-0.3, -0.25) is 4.90 Å². The Morgan fingerprint density at radius 3 is 2.42 bits per heavy atom. The third-order valence-electron chi connectivity index (χ3n) is 3.67. The second-order valence-corrected chi connectivity index (χ2v) is 6.97. The average molecular weight is 299 g/mol. The minimum absolute atomic E-state index is 0.236. The number of thiocarbonyl (C=S) groups is 1. The van der Waals surface area contributed by atoms with Gasteiger partial charge in [0.2, 0.25) is 0 Å². The Kier molecular flexibility index (Phi) is 5.36. The zero-order chi connectivity index (χ0) is 14.8. The molecular weight excluding hydrogens is 276 g/mol. The number of hydrogen-bond acceptors (Lipinski definition) is 2. The van der Waals surface area contributed by atoms with Gasteiger partial charge in [-0.05, 0) is 31.0 Å². The molecule has 0 radical (unpaired) electrons. The summed E-state index contributed by atoms with van der Waals surface area (Å²) in [6.45, 7) is 9.77. The molecule has 1 rings (SSSR count). The van der Waals surface area contributed by atoms with Crippen LogP contribution in [0.2, 0.25) is 5.02 Å². The van der Waals surface area contributed by atoms with Crippen LogP contribution in [-0.4, -0.2) is 23.0 Å². The van der Waals surface area contributed by atoms with Gasteiger partial charge in [-0.25, -0.2) is 0 Å². The molecule has 0 saturated heterocycles. The van der Waals surface area contributed by atoms with Crippen LogP contribution in [0.5, 0.6) is 0 Å². The van der Waals surface area contributed by atoms with E-state index in [9.17, 15) is 0 Å². The van der Waals surface area contributed by atoms with Crippen LogP contribution in [-0.2, 0) is 6.54 Å². The van der Waals surface area contributed by atoms with Crippen molar-refractivity contribution in [3.8, 4) is 0 Å². The van der Waals surface area contributed by atoms with Crippen molar-refractivity contribution in [2.45, 2.75) is 40.3 Å². The van der Waals surface area contributed by atoms with Gasteiger partial charge in [-0.2, -0.15) is 0 Å². The minimum Gasteiger partial charge on any atom is -0.389 e. The maximum absolute atomic E-state index is 6.29. The van der Waals surface area contributed by atoms with Crippen molar-refractivity contribution >= 4 is 28.8 Å². The first kappa shape index (κ1) is 16.4. The van der Waals surface area contributed by atoms with Crippen molar-refractivity contribution in [2.24, 2.45) is 11.1 Å². The van der Waals surface area contributed by atoms with Crippen LogP contribution < -0.4 is 5.73 Å². The van der Waals surface area contributed by atoms with E-state index in [0.717, 1.165) is 22.7 Å². The summed E-state index contributed by atoms with van der Waals surface area (Å²) in [7, 11) is 2.12. The first-order valence-corrected chi connectivity index (χ1v) is 7.20. The summed E-state index contributed by atoms with van der Waals surface area (Å²) < 4.78 is 0. The van der Waals surface area contributed by atoms with Crippen molar-refractivity contribution in [1.29, 1.82) is 0 Å². The van der Waals surface area contributed by atoms with Gasteiger partial charge < -0.3 is 5.73 Å². The fourth-order valence-corrected chi connectivity index (χ4v) is 2.26. The van der Waals surface area contributed by atoms with E-state index in [4.69, 9.17) is 29.6 Å². The minimum atomic E-state index is 0.236. The van der Waals surface area contributed by atoms with Crippen LogP contribution >= 0.6 is 23.8 Å². The van der Waals surface area contributed by atoms with Crippen LogP contribution in [0.4, 0.5) is 0 Å². The zero-order valence-electron chi connectivity index (χ0n) is 12.3. The molecule has 19 heavy (non-hydrogen) atoms. The Balaban J connectivity index is 2.86. The van der Waals surface area contributed by atoms with E-state index >= 15 is 0 Å². The van der Waals surface area contributed by atoms with Gasteiger partial charge >= 0.3 is 0 Å². The average Bonchev–Trinajstić information content (AvgIpc) is 2.29. The molecule has 0 heterocycles. The fourth-order valence-electron chi connectivity index (χ4n) is 1.90. The molecule has 0 saturated carbocycles. The molecule has 0 spiro atoms. The van der Waals surface area contributed by atoms with E-state index in [1.807, 2.05) is 18.2 Å². The predicted molar refractivity (Wildman–Crippen MR) is 87.7 cm³/mol. The molecule has 0 aliphatic rings. The Morgan fingerprint density at radius 1 is 1.42 bits per heavy atom. The fraction of sp³-hybridized carbons (Fsp3) is 0.533. The molecule has 1 aromatic rings. The lowest BCUT2D eigenvalue weighted by molar-refractivity contribution is 0.135. The number of benzene rings is 1. The van der Waals surface area contributed by atoms with Crippen LogP contribution in [0, 0.1) is 5.41 Å². The molecular formula is C15H23ClN2S. The Morgan fingerprint density at radius 2 is 2.00 bits per heavy atom. The molecule has 0 amide bonds. The first-order chi connectivity index (χ1) is 8.62. The molecule has 0 fully saturated rings. The monoisotopic (exact) mass is 298 g/mol. The van der Waals surface area contributed by atoms with E-state index in [-0.39, 0.29) is 5.41 Å². The molecule has 0 aliphatic heterocycles. The lowest BCUT2D eigenvalue weighted by Gasteiger charge is -2.35. The Labute approximate surface area is 126 Å². The largest absolute Gasteiger partial charge is 0.389 e. The SMILES string of the molecule is CC(N(C)Cc1ccc(C(N)=S)cc1Cl)C(C)(C)C. The standard InChI is InChI=1S/C15H23ClN2S/c1-10(15(2,3)4)18(5)9-12-7-6-11(14(17)19)8-13(12)16/h6-8,10H,9H2,1-5H3,(H2,17,19). The molecule has 1 atom stereocenters. The van der Waals surface area contributed by atoms with Crippen LogP contribution in [0.3, 0.4) is 0 Å². The van der Waals surface area contributed by atoms with E-state index in [2.05, 4.69) is 39.6 Å². The topological polar surface area (TPSA) is 29.3 Å². The van der Waals surface area contributed by atoms with E-state index in [0.29, 0.717) is 11.0 Å². The zero-order valence-corrected chi connectivity index (χ0v) is 13.9. The van der Waals surface area contributed by atoms with Gasteiger partial charge in [0.15, 0.2) is 0 Å². The molecule has 0 aromatic heterocycles. The number of halogens is 1. The quantitative estimate of drug-likeness (QED) is 0.856. The van der Waals surface area contributed by atoms with Crippen LogP contribution in [0.1, 0.15) is 38.8 Å². The summed E-state index contributed by atoms with van der Waals surface area (Å²) in [5, 5.41) is 0.721. The lowest BCUT2D eigenvalue weighted by Crippen LogP contribution is -2.38. The molecule has 0 bridgehead atoms. The van der Waals surface area contributed by atoms with Gasteiger partial charge in [0.25, 0.3) is 0 Å². The highest BCUT2D eigenvalue weighted by Gasteiger charge is 2.24. The molecule has 1 unspecified atom stereocenters. The van der Waals surface area contributed by atoms with Crippen LogP contribution in [0.15, 0.2) is 18.2 Å². The van der Waals surface area contributed by atoms with Crippen molar-refractivity contribution in [1.82, 2.24) is 4.90 Å². The number of nitrogens with two attached hydrogens (primary N) is 1. The second kappa shape index (κ2) is 6.21. The molecule has 0 aliphatic carbocycles. The molecule has 2 nitrogen and oxygen atoms in total. The lowest BCUT2D eigenvalue weighted by atomic mass is 9.87. The van der Waals surface area contributed by atoms with Gasteiger partial charge in [0.1, 0.15) is 4.99 Å². The molecule has 2 N–H and O–H groups in total.